The second kappa shape index (κ2) is 7.00. The molecule has 98 valence electrons. The van der Waals surface area contributed by atoms with Crippen molar-refractivity contribution in [2.45, 2.75) is 32.1 Å². The molecule has 6 heteroatoms. The molecule has 1 aromatic rings. The molecule has 1 rings (SSSR count). The summed E-state index contributed by atoms with van der Waals surface area (Å²) < 4.78 is 0. The highest BCUT2D eigenvalue weighted by molar-refractivity contribution is 8.13. The van der Waals surface area contributed by atoms with Gasteiger partial charge >= 0.3 is 0 Å². The van der Waals surface area contributed by atoms with E-state index in [9.17, 15) is 10.1 Å². The summed E-state index contributed by atoms with van der Waals surface area (Å²) in [7, 11) is 0. The molecule has 1 aromatic carbocycles. The summed E-state index contributed by atoms with van der Waals surface area (Å²) in [6.07, 6.45) is 0.957. The molecule has 18 heavy (non-hydrogen) atoms. The Balaban J connectivity index is 2.53. The van der Waals surface area contributed by atoms with Crippen molar-refractivity contribution >= 4 is 22.6 Å². The Morgan fingerprint density at radius 1 is 1.50 bits per heavy atom. The van der Waals surface area contributed by atoms with Crippen LogP contribution in [0, 0.1) is 10.1 Å². The van der Waals surface area contributed by atoms with Gasteiger partial charge in [0.2, 0.25) is 0 Å². The van der Waals surface area contributed by atoms with E-state index in [0.717, 1.165) is 12.0 Å². The molecule has 1 atom stereocenters. The molecule has 0 amide bonds. The van der Waals surface area contributed by atoms with E-state index in [2.05, 4.69) is 11.9 Å². The van der Waals surface area contributed by atoms with Crippen LogP contribution >= 0.6 is 11.8 Å². The van der Waals surface area contributed by atoms with Crippen LogP contribution < -0.4 is 5.73 Å². The summed E-state index contributed by atoms with van der Waals surface area (Å²) in [5, 5.41) is 11.1. The van der Waals surface area contributed by atoms with Crippen molar-refractivity contribution in [2.75, 3.05) is 0 Å². The van der Waals surface area contributed by atoms with Gasteiger partial charge in [0.15, 0.2) is 5.17 Å². The Kier molecular flexibility index (Phi) is 5.64. The van der Waals surface area contributed by atoms with Crippen LogP contribution in [0.5, 0.6) is 0 Å². The Morgan fingerprint density at radius 3 is 2.61 bits per heavy atom. The topological polar surface area (TPSA) is 81.5 Å². The molecule has 0 aliphatic carbocycles. The van der Waals surface area contributed by atoms with Crippen molar-refractivity contribution in [3.63, 3.8) is 0 Å². The van der Waals surface area contributed by atoms with E-state index in [4.69, 9.17) is 5.73 Å². The molecule has 0 aliphatic rings. The lowest BCUT2D eigenvalue weighted by atomic mass is 10.2. The summed E-state index contributed by atoms with van der Waals surface area (Å²) in [4.78, 5) is 14.4. The fourth-order valence-corrected chi connectivity index (χ4v) is 1.98. The number of hydrogen-bond acceptors (Lipinski definition) is 4. The Labute approximate surface area is 111 Å². The van der Waals surface area contributed by atoms with Gasteiger partial charge in [0.1, 0.15) is 0 Å². The number of nitro benzene ring substituents is 1. The summed E-state index contributed by atoms with van der Waals surface area (Å²) in [6, 6.07) is 6.70. The number of amidine groups is 1. The van der Waals surface area contributed by atoms with E-state index >= 15 is 0 Å². The molecule has 0 spiro atoms. The van der Waals surface area contributed by atoms with E-state index in [-0.39, 0.29) is 11.7 Å². The number of nitro groups is 1. The average Bonchev–Trinajstić information content (AvgIpc) is 2.36. The minimum absolute atomic E-state index is 0.102. The minimum atomic E-state index is -0.407. The molecular formula is C12H17N3O2S. The van der Waals surface area contributed by atoms with E-state index < -0.39 is 4.92 Å². The molecule has 5 nitrogen and oxygen atoms in total. The van der Waals surface area contributed by atoms with Gasteiger partial charge in [0.05, 0.1) is 4.92 Å². The van der Waals surface area contributed by atoms with Crippen LogP contribution in [0.2, 0.25) is 0 Å². The largest absolute Gasteiger partial charge is 0.379 e. The first-order chi connectivity index (χ1) is 8.52. The number of nitrogens with two attached hydrogens (primary N) is 1. The molecule has 0 unspecified atom stereocenters. The number of aliphatic imine (C=N–C) groups is 1. The molecule has 0 radical (unpaired) electrons. The number of benzene rings is 1. The molecule has 0 saturated carbocycles. The van der Waals surface area contributed by atoms with Gasteiger partial charge in [0.25, 0.3) is 5.69 Å². The zero-order valence-electron chi connectivity index (χ0n) is 10.5. The summed E-state index contributed by atoms with van der Waals surface area (Å²) in [6.45, 7) is 4.07. The summed E-state index contributed by atoms with van der Waals surface area (Å²) in [5.74, 6) is 0.670. The highest BCUT2D eigenvalue weighted by Crippen LogP contribution is 2.17. The maximum atomic E-state index is 10.5. The van der Waals surface area contributed by atoms with Crippen LogP contribution in [-0.2, 0) is 5.75 Å². The highest BCUT2D eigenvalue weighted by atomic mass is 32.2. The first-order valence-electron chi connectivity index (χ1n) is 5.72. The lowest BCUT2D eigenvalue weighted by Gasteiger charge is -2.05. The highest BCUT2D eigenvalue weighted by Gasteiger charge is 2.05. The van der Waals surface area contributed by atoms with Crippen molar-refractivity contribution < 1.29 is 4.92 Å². The summed E-state index contributed by atoms with van der Waals surface area (Å²) in [5.41, 5.74) is 6.88. The average molecular weight is 267 g/mol. The predicted octanol–water partition coefficient (Wildman–Crippen LogP) is 2.94. The van der Waals surface area contributed by atoms with E-state index in [0.29, 0.717) is 10.9 Å². The van der Waals surface area contributed by atoms with Gasteiger partial charge in [-0.15, -0.1) is 0 Å². The number of rotatable bonds is 5. The van der Waals surface area contributed by atoms with Crippen LogP contribution in [0.3, 0.4) is 0 Å². The van der Waals surface area contributed by atoms with Crippen LogP contribution in [0.1, 0.15) is 25.8 Å². The van der Waals surface area contributed by atoms with Crippen LogP contribution in [0.15, 0.2) is 29.3 Å². The van der Waals surface area contributed by atoms with E-state index in [1.165, 1.54) is 23.9 Å². The Hall–Kier alpha value is -1.56. The second-order valence-corrected chi connectivity index (χ2v) is 4.93. The quantitative estimate of drug-likeness (QED) is 0.385. The van der Waals surface area contributed by atoms with Crippen molar-refractivity contribution in [1.82, 2.24) is 0 Å². The summed E-state index contributed by atoms with van der Waals surface area (Å²) >= 11 is 1.45. The third-order valence-corrected chi connectivity index (χ3v) is 3.35. The Morgan fingerprint density at radius 2 is 2.11 bits per heavy atom. The number of hydrogen-bond donors (Lipinski definition) is 1. The monoisotopic (exact) mass is 267 g/mol. The predicted molar refractivity (Wildman–Crippen MR) is 75.8 cm³/mol. The first kappa shape index (κ1) is 14.5. The lowest BCUT2D eigenvalue weighted by Crippen LogP contribution is -2.11. The first-order valence-corrected chi connectivity index (χ1v) is 6.71. The molecule has 0 saturated heterocycles. The van der Waals surface area contributed by atoms with Gasteiger partial charge in [-0.3, -0.25) is 15.1 Å². The third-order valence-electron chi connectivity index (χ3n) is 2.47. The molecular weight excluding hydrogens is 250 g/mol. The minimum Gasteiger partial charge on any atom is -0.379 e. The van der Waals surface area contributed by atoms with E-state index in [1.54, 1.807) is 12.1 Å². The van der Waals surface area contributed by atoms with Crippen molar-refractivity contribution in [3.8, 4) is 0 Å². The van der Waals surface area contributed by atoms with Crippen LogP contribution in [0.25, 0.3) is 0 Å². The molecule has 0 heterocycles. The van der Waals surface area contributed by atoms with Gasteiger partial charge in [-0.1, -0.05) is 30.8 Å². The maximum absolute atomic E-state index is 10.5. The van der Waals surface area contributed by atoms with Gasteiger partial charge in [0, 0.05) is 23.9 Å². The second-order valence-electron chi connectivity index (χ2n) is 3.94. The SMILES string of the molecule is CC[C@@H](C)N=C(N)SCc1ccc([N+](=O)[O-])cc1. The molecule has 2 N–H and O–H groups in total. The van der Waals surface area contributed by atoms with Crippen LogP contribution in [-0.4, -0.2) is 16.1 Å². The lowest BCUT2D eigenvalue weighted by molar-refractivity contribution is -0.384. The molecule has 0 aromatic heterocycles. The fraction of sp³-hybridized carbons (Fsp3) is 0.417. The standard InChI is InChI=1S/C12H17N3O2S/c1-3-9(2)14-12(13)18-8-10-4-6-11(7-5-10)15(16)17/h4-7,9H,3,8H2,1-2H3,(H2,13,14)/t9-/m1/s1. The maximum Gasteiger partial charge on any atom is 0.269 e. The number of nitrogens with zero attached hydrogens (tertiary/aromatic N) is 2. The number of non-ortho nitro benzene ring substituents is 1. The van der Waals surface area contributed by atoms with Crippen molar-refractivity contribution in [3.05, 3.63) is 39.9 Å². The number of thioether (sulfide) groups is 1. The zero-order chi connectivity index (χ0) is 13.5. The smallest absolute Gasteiger partial charge is 0.269 e. The van der Waals surface area contributed by atoms with Crippen molar-refractivity contribution in [2.24, 2.45) is 10.7 Å². The normalized spacial score (nSPS) is 13.3. The zero-order valence-corrected chi connectivity index (χ0v) is 11.3. The van der Waals surface area contributed by atoms with Gasteiger partial charge in [-0.25, -0.2) is 0 Å². The third kappa shape index (κ3) is 4.75. The molecule has 0 bridgehead atoms. The van der Waals surface area contributed by atoms with Gasteiger partial charge in [-0.05, 0) is 18.9 Å². The van der Waals surface area contributed by atoms with Gasteiger partial charge in [-0.2, -0.15) is 0 Å². The Bertz CT molecular complexity index is 431. The molecule has 0 aliphatic heterocycles. The van der Waals surface area contributed by atoms with Gasteiger partial charge < -0.3 is 5.73 Å². The fourth-order valence-electron chi connectivity index (χ4n) is 1.22. The van der Waals surface area contributed by atoms with Crippen LogP contribution in [0.4, 0.5) is 5.69 Å². The molecule has 0 fully saturated rings. The van der Waals surface area contributed by atoms with E-state index in [1.807, 2.05) is 6.92 Å². The van der Waals surface area contributed by atoms with Crippen molar-refractivity contribution in [1.29, 1.82) is 0 Å².